The van der Waals surface area contributed by atoms with Gasteiger partial charge >= 0.3 is 6.03 Å². The van der Waals surface area contributed by atoms with Crippen LogP contribution in [0.2, 0.25) is 0 Å². The molecule has 0 spiro atoms. The molecule has 1 saturated heterocycles. The van der Waals surface area contributed by atoms with Crippen LogP contribution in [-0.4, -0.2) is 21.8 Å². The topological polar surface area (TPSA) is 62.3 Å². The van der Waals surface area contributed by atoms with Crippen molar-refractivity contribution in [2.24, 2.45) is 0 Å². The second-order valence-corrected chi connectivity index (χ2v) is 7.30. The predicted molar refractivity (Wildman–Crippen MR) is 89.2 cm³/mol. The van der Waals surface area contributed by atoms with Crippen molar-refractivity contribution in [2.45, 2.75) is 39.8 Å². The number of thiazole rings is 1. The molecule has 1 atom stereocenters. The summed E-state index contributed by atoms with van der Waals surface area (Å²) >= 11 is 1.52. The Morgan fingerprint density at radius 3 is 2.52 bits per heavy atom. The van der Waals surface area contributed by atoms with Gasteiger partial charge in [0.05, 0.1) is 12.2 Å². The molecule has 0 bridgehead atoms. The van der Waals surface area contributed by atoms with Crippen molar-refractivity contribution in [3.05, 3.63) is 51.0 Å². The maximum Gasteiger partial charge on any atom is 0.325 e. The fraction of sp³-hybridized carbons (Fsp3) is 0.353. The number of nitrogens with one attached hydrogen (secondary N) is 1. The first-order valence-electron chi connectivity index (χ1n) is 7.46. The van der Waals surface area contributed by atoms with Gasteiger partial charge in [0.1, 0.15) is 10.5 Å². The number of carbonyl (C=O) groups is 2. The largest absolute Gasteiger partial charge is 0.325 e. The number of nitrogens with zero attached hydrogens (tertiary/aromatic N) is 2. The van der Waals surface area contributed by atoms with Gasteiger partial charge in [0, 0.05) is 4.88 Å². The van der Waals surface area contributed by atoms with Gasteiger partial charge in [0.25, 0.3) is 5.91 Å². The molecule has 1 fully saturated rings. The minimum atomic E-state index is -1.02. The summed E-state index contributed by atoms with van der Waals surface area (Å²) in [6.45, 7) is 7.83. The lowest BCUT2D eigenvalue weighted by Gasteiger charge is -2.24. The zero-order valence-electron chi connectivity index (χ0n) is 13.6. The first-order chi connectivity index (χ1) is 10.8. The number of benzene rings is 1. The molecular formula is C17H19N3O2S. The van der Waals surface area contributed by atoms with E-state index < -0.39 is 5.54 Å². The first-order valence-corrected chi connectivity index (χ1v) is 8.27. The zero-order chi connectivity index (χ0) is 16.8. The normalized spacial score (nSPS) is 21.0. The number of aryl methyl sites for hydroxylation is 3. The van der Waals surface area contributed by atoms with Gasteiger partial charge in [-0.1, -0.05) is 24.3 Å². The maximum atomic E-state index is 12.9. The standard InChI is InChI=1S/C17H19N3O2S/c1-10-7-5-6-8-13(10)17(4)15(21)20(16(22)19-17)9-14-18-11(2)12(3)23-14/h5-8H,9H2,1-4H3,(H,19,22)/t17-/m0/s1. The van der Waals surface area contributed by atoms with Crippen LogP contribution in [0.1, 0.15) is 33.6 Å². The Kier molecular flexibility index (Phi) is 3.72. The third-order valence-corrected chi connectivity index (χ3v) is 5.38. The highest BCUT2D eigenvalue weighted by Gasteiger charge is 2.49. The molecule has 0 aliphatic carbocycles. The van der Waals surface area contributed by atoms with Crippen LogP contribution in [0.3, 0.4) is 0 Å². The summed E-state index contributed by atoms with van der Waals surface area (Å²) < 4.78 is 0. The molecule has 0 unspecified atom stereocenters. The van der Waals surface area contributed by atoms with Crippen molar-refractivity contribution < 1.29 is 9.59 Å². The third-order valence-electron chi connectivity index (χ3n) is 4.32. The van der Waals surface area contributed by atoms with Gasteiger partial charge in [0.15, 0.2) is 0 Å². The highest BCUT2D eigenvalue weighted by atomic mass is 32.1. The number of rotatable bonds is 3. The lowest BCUT2D eigenvalue weighted by molar-refractivity contribution is -0.131. The average molecular weight is 329 g/mol. The molecule has 1 aliphatic heterocycles. The SMILES string of the molecule is Cc1ccccc1[C@]1(C)NC(=O)N(Cc2nc(C)c(C)s2)C1=O. The number of amides is 3. The molecule has 1 N–H and O–H groups in total. The fourth-order valence-electron chi connectivity index (χ4n) is 2.90. The summed E-state index contributed by atoms with van der Waals surface area (Å²) in [6, 6.07) is 7.25. The predicted octanol–water partition coefficient (Wildman–Crippen LogP) is 3.04. The van der Waals surface area contributed by atoms with Crippen molar-refractivity contribution in [1.29, 1.82) is 0 Å². The van der Waals surface area contributed by atoms with E-state index in [9.17, 15) is 9.59 Å². The molecule has 2 aromatic rings. The highest BCUT2D eigenvalue weighted by molar-refractivity contribution is 7.11. The summed E-state index contributed by atoms with van der Waals surface area (Å²) in [5.41, 5.74) is 1.72. The summed E-state index contributed by atoms with van der Waals surface area (Å²) in [4.78, 5) is 32.0. The fourth-order valence-corrected chi connectivity index (χ4v) is 3.82. The summed E-state index contributed by atoms with van der Waals surface area (Å²) in [6.07, 6.45) is 0. The molecule has 0 radical (unpaired) electrons. The number of urea groups is 1. The van der Waals surface area contributed by atoms with Gasteiger partial charge < -0.3 is 5.32 Å². The van der Waals surface area contributed by atoms with E-state index in [0.717, 1.165) is 26.7 Å². The van der Waals surface area contributed by atoms with E-state index in [-0.39, 0.29) is 18.5 Å². The minimum Gasteiger partial charge on any atom is -0.319 e. The van der Waals surface area contributed by atoms with E-state index in [1.165, 1.54) is 16.2 Å². The van der Waals surface area contributed by atoms with Crippen LogP contribution in [0.5, 0.6) is 0 Å². The number of hydrogen-bond acceptors (Lipinski definition) is 4. The van der Waals surface area contributed by atoms with Gasteiger partial charge in [-0.05, 0) is 38.8 Å². The number of carbonyl (C=O) groups excluding carboxylic acids is 2. The molecule has 3 amide bonds. The minimum absolute atomic E-state index is 0.214. The number of imide groups is 1. The van der Waals surface area contributed by atoms with Gasteiger partial charge in [-0.25, -0.2) is 9.78 Å². The van der Waals surface area contributed by atoms with E-state index in [0.29, 0.717) is 0 Å². The molecule has 1 aliphatic rings. The Hall–Kier alpha value is -2.21. The molecule has 0 saturated carbocycles. The molecular weight excluding hydrogens is 310 g/mol. The zero-order valence-corrected chi connectivity index (χ0v) is 14.5. The molecule has 120 valence electrons. The van der Waals surface area contributed by atoms with E-state index in [1.54, 1.807) is 6.92 Å². The summed E-state index contributed by atoms with van der Waals surface area (Å²) in [5, 5.41) is 3.62. The van der Waals surface area contributed by atoms with Gasteiger partial charge in [-0.3, -0.25) is 9.69 Å². The van der Waals surface area contributed by atoms with Crippen molar-refractivity contribution in [2.75, 3.05) is 0 Å². The lowest BCUT2D eigenvalue weighted by atomic mass is 9.88. The van der Waals surface area contributed by atoms with Crippen LogP contribution in [0, 0.1) is 20.8 Å². The molecule has 1 aromatic carbocycles. The van der Waals surface area contributed by atoms with Crippen molar-refractivity contribution in [3.63, 3.8) is 0 Å². The Labute approximate surface area is 139 Å². The van der Waals surface area contributed by atoms with Crippen LogP contribution < -0.4 is 5.32 Å². The quantitative estimate of drug-likeness (QED) is 0.881. The Morgan fingerprint density at radius 1 is 1.22 bits per heavy atom. The highest BCUT2D eigenvalue weighted by Crippen LogP contribution is 2.32. The van der Waals surface area contributed by atoms with Crippen molar-refractivity contribution in [1.82, 2.24) is 15.2 Å². The van der Waals surface area contributed by atoms with E-state index in [4.69, 9.17) is 0 Å². The van der Waals surface area contributed by atoms with E-state index >= 15 is 0 Å². The summed E-state index contributed by atoms with van der Waals surface area (Å²) in [7, 11) is 0. The van der Waals surface area contributed by atoms with Crippen LogP contribution in [0.25, 0.3) is 0 Å². The molecule has 6 heteroatoms. The summed E-state index contributed by atoms with van der Waals surface area (Å²) in [5.74, 6) is -0.234. The van der Waals surface area contributed by atoms with Crippen LogP contribution in [0.4, 0.5) is 4.79 Å². The molecule has 23 heavy (non-hydrogen) atoms. The van der Waals surface area contributed by atoms with E-state index in [1.807, 2.05) is 45.0 Å². The Bertz CT molecular complexity index is 779. The number of aromatic nitrogens is 1. The number of hydrogen-bond donors (Lipinski definition) is 1. The third kappa shape index (κ3) is 2.53. The maximum absolute atomic E-state index is 12.9. The second-order valence-electron chi connectivity index (χ2n) is 6.01. The average Bonchev–Trinajstić information content (AvgIpc) is 2.92. The van der Waals surface area contributed by atoms with Gasteiger partial charge in [-0.2, -0.15) is 0 Å². The lowest BCUT2D eigenvalue weighted by Crippen LogP contribution is -2.41. The first kappa shape index (κ1) is 15.7. The molecule has 5 nitrogen and oxygen atoms in total. The monoisotopic (exact) mass is 329 g/mol. The second kappa shape index (κ2) is 5.45. The molecule has 1 aromatic heterocycles. The van der Waals surface area contributed by atoms with Crippen molar-refractivity contribution >= 4 is 23.3 Å². The Morgan fingerprint density at radius 2 is 1.91 bits per heavy atom. The van der Waals surface area contributed by atoms with Crippen LogP contribution in [-0.2, 0) is 16.9 Å². The van der Waals surface area contributed by atoms with Crippen LogP contribution in [0.15, 0.2) is 24.3 Å². The molecule has 3 rings (SSSR count). The smallest absolute Gasteiger partial charge is 0.319 e. The van der Waals surface area contributed by atoms with Gasteiger partial charge in [-0.15, -0.1) is 11.3 Å². The van der Waals surface area contributed by atoms with Crippen molar-refractivity contribution in [3.8, 4) is 0 Å². The Balaban J connectivity index is 1.92. The molecule has 2 heterocycles. The van der Waals surface area contributed by atoms with Crippen LogP contribution >= 0.6 is 11.3 Å². The van der Waals surface area contributed by atoms with Gasteiger partial charge in [0.2, 0.25) is 0 Å². The van der Waals surface area contributed by atoms with E-state index in [2.05, 4.69) is 10.3 Å².